The number of aromatic nitrogens is 1. The van der Waals surface area contributed by atoms with Crippen molar-refractivity contribution in [3.05, 3.63) is 29.6 Å². The average Bonchev–Trinajstić information content (AvgIpc) is 2.16. The number of carbonyl (C=O) groups excluding carboxylic acids is 1. The highest BCUT2D eigenvalue weighted by Crippen LogP contribution is 2.12. The number of pyridine rings is 1. The van der Waals surface area contributed by atoms with Crippen LogP contribution >= 0.6 is 0 Å². The van der Waals surface area contributed by atoms with Crippen molar-refractivity contribution in [1.82, 2.24) is 4.98 Å². The van der Waals surface area contributed by atoms with Gasteiger partial charge in [-0.2, -0.15) is 0 Å². The normalized spacial score (nSPS) is 12.1. The summed E-state index contributed by atoms with van der Waals surface area (Å²) in [6.07, 6.45) is 1.40. The molecule has 1 unspecified atom stereocenters. The Morgan fingerprint density at radius 1 is 1.43 bits per heavy atom. The molecule has 0 fully saturated rings. The number of carboxylic acid groups (broad SMARTS) is 1. The van der Waals surface area contributed by atoms with Crippen LogP contribution in [-0.4, -0.2) is 21.8 Å². The van der Waals surface area contributed by atoms with Crippen LogP contribution in [0.4, 0.5) is 0 Å². The first kappa shape index (κ1) is 10.4. The van der Waals surface area contributed by atoms with Gasteiger partial charge in [0.15, 0.2) is 5.78 Å². The molecule has 0 amide bonds. The van der Waals surface area contributed by atoms with Gasteiger partial charge in [-0.3, -0.25) is 14.6 Å². The number of hydrogen-bond donors (Lipinski definition) is 1. The lowest BCUT2D eigenvalue weighted by Gasteiger charge is -2.05. The molecule has 1 heterocycles. The van der Waals surface area contributed by atoms with Crippen LogP contribution < -0.4 is 0 Å². The van der Waals surface area contributed by atoms with Crippen LogP contribution in [0, 0.1) is 0 Å². The van der Waals surface area contributed by atoms with Crippen molar-refractivity contribution in [2.45, 2.75) is 19.8 Å². The second-order valence-electron chi connectivity index (χ2n) is 3.09. The molecule has 0 bridgehead atoms. The second-order valence-corrected chi connectivity index (χ2v) is 3.09. The largest absolute Gasteiger partial charge is 0.481 e. The van der Waals surface area contributed by atoms with Gasteiger partial charge < -0.3 is 5.11 Å². The minimum Gasteiger partial charge on any atom is -0.481 e. The third-order valence-corrected chi connectivity index (χ3v) is 2.01. The highest BCUT2D eigenvalue weighted by atomic mass is 16.4. The number of carboxylic acids is 1. The van der Waals surface area contributed by atoms with E-state index in [2.05, 4.69) is 4.98 Å². The molecule has 0 aliphatic rings. The summed E-state index contributed by atoms with van der Waals surface area (Å²) in [7, 11) is 0. The van der Waals surface area contributed by atoms with Gasteiger partial charge in [-0.05, 0) is 26.0 Å². The lowest BCUT2D eigenvalue weighted by molar-refractivity contribution is -0.138. The molecule has 0 saturated heterocycles. The highest BCUT2D eigenvalue weighted by molar-refractivity contribution is 5.93. The van der Waals surface area contributed by atoms with Crippen molar-refractivity contribution in [2.75, 3.05) is 0 Å². The van der Waals surface area contributed by atoms with E-state index in [0.29, 0.717) is 11.3 Å². The van der Waals surface area contributed by atoms with Gasteiger partial charge in [0, 0.05) is 11.8 Å². The van der Waals surface area contributed by atoms with Crippen molar-refractivity contribution >= 4 is 11.8 Å². The van der Waals surface area contributed by atoms with Crippen LogP contribution in [0.2, 0.25) is 0 Å². The number of ketones is 1. The number of nitrogens with zero attached hydrogens (tertiary/aromatic N) is 1. The van der Waals surface area contributed by atoms with Crippen LogP contribution in [0.3, 0.4) is 0 Å². The smallest absolute Gasteiger partial charge is 0.312 e. The van der Waals surface area contributed by atoms with Crippen molar-refractivity contribution < 1.29 is 14.7 Å². The molecule has 74 valence electrons. The molecular weight excluding hydrogens is 182 g/mol. The SMILES string of the molecule is CC(=O)c1ccc(C(C)C(=O)O)nc1. The van der Waals surface area contributed by atoms with Crippen LogP contribution in [0.15, 0.2) is 18.3 Å². The maximum absolute atomic E-state index is 10.9. The fourth-order valence-corrected chi connectivity index (χ4v) is 0.996. The highest BCUT2D eigenvalue weighted by Gasteiger charge is 2.14. The molecule has 4 nitrogen and oxygen atoms in total. The zero-order valence-corrected chi connectivity index (χ0v) is 8.02. The van der Waals surface area contributed by atoms with Gasteiger partial charge in [0.05, 0.1) is 11.6 Å². The van der Waals surface area contributed by atoms with E-state index in [1.807, 2.05) is 0 Å². The predicted molar refractivity (Wildman–Crippen MR) is 50.3 cm³/mol. The number of aliphatic carboxylic acids is 1. The summed E-state index contributed by atoms with van der Waals surface area (Å²) < 4.78 is 0. The van der Waals surface area contributed by atoms with Crippen LogP contribution in [-0.2, 0) is 4.79 Å². The average molecular weight is 193 g/mol. The van der Waals surface area contributed by atoms with Gasteiger partial charge in [-0.25, -0.2) is 0 Å². The summed E-state index contributed by atoms with van der Waals surface area (Å²) in [5, 5.41) is 8.71. The lowest BCUT2D eigenvalue weighted by Crippen LogP contribution is -2.09. The van der Waals surface area contributed by atoms with Gasteiger partial charge in [0.2, 0.25) is 0 Å². The maximum atomic E-state index is 10.9. The molecule has 0 saturated carbocycles. The Labute approximate surface area is 81.6 Å². The van der Waals surface area contributed by atoms with E-state index in [9.17, 15) is 9.59 Å². The Morgan fingerprint density at radius 2 is 2.07 bits per heavy atom. The molecule has 1 aromatic heterocycles. The van der Waals surface area contributed by atoms with Gasteiger partial charge in [-0.1, -0.05) is 0 Å². The Morgan fingerprint density at radius 3 is 2.43 bits per heavy atom. The van der Waals surface area contributed by atoms with Crippen LogP contribution in [0.5, 0.6) is 0 Å². The molecule has 1 rings (SSSR count). The van der Waals surface area contributed by atoms with E-state index in [1.54, 1.807) is 19.1 Å². The van der Waals surface area contributed by atoms with E-state index in [-0.39, 0.29) is 5.78 Å². The summed E-state index contributed by atoms with van der Waals surface area (Å²) in [5.41, 5.74) is 0.953. The van der Waals surface area contributed by atoms with Gasteiger partial charge >= 0.3 is 5.97 Å². The zero-order chi connectivity index (χ0) is 10.7. The van der Waals surface area contributed by atoms with Crippen LogP contribution in [0.25, 0.3) is 0 Å². The molecule has 4 heteroatoms. The van der Waals surface area contributed by atoms with E-state index in [0.717, 1.165) is 0 Å². The van der Waals surface area contributed by atoms with Crippen molar-refractivity contribution in [3.8, 4) is 0 Å². The number of carbonyl (C=O) groups is 2. The predicted octanol–water partition coefficient (Wildman–Crippen LogP) is 1.47. The van der Waals surface area contributed by atoms with Gasteiger partial charge in [0.25, 0.3) is 0 Å². The molecule has 1 aromatic rings. The van der Waals surface area contributed by atoms with E-state index < -0.39 is 11.9 Å². The molecule has 0 aromatic carbocycles. The van der Waals surface area contributed by atoms with E-state index in [1.165, 1.54) is 13.1 Å². The summed E-state index contributed by atoms with van der Waals surface area (Å²) >= 11 is 0. The fraction of sp³-hybridized carbons (Fsp3) is 0.300. The molecule has 14 heavy (non-hydrogen) atoms. The second kappa shape index (κ2) is 4.00. The molecule has 0 radical (unpaired) electrons. The first-order chi connectivity index (χ1) is 6.52. The summed E-state index contributed by atoms with van der Waals surface area (Å²) in [6, 6.07) is 3.15. The zero-order valence-electron chi connectivity index (χ0n) is 8.02. The summed E-state index contributed by atoms with van der Waals surface area (Å²) in [6.45, 7) is 3.00. The molecule has 0 spiro atoms. The Hall–Kier alpha value is -1.71. The topological polar surface area (TPSA) is 67.3 Å². The Balaban J connectivity index is 2.94. The van der Waals surface area contributed by atoms with Crippen LogP contribution in [0.1, 0.15) is 35.8 Å². The minimum atomic E-state index is -0.923. The molecule has 0 aliphatic heterocycles. The molecule has 1 atom stereocenters. The summed E-state index contributed by atoms with van der Waals surface area (Å²) in [4.78, 5) is 25.4. The van der Waals surface area contributed by atoms with E-state index in [4.69, 9.17) is 5.11 Å². The minimum absolute atomic E-state index is 0.0768. The standard InChI is InChI=1S/C10H11NO3/c1-6(10(13)14)9-4-3-8(5-11-9)7(2)12/h3-6H,1-2H3,(H,13,14). The lowest BCUT2D eigenvalue weighted by atomic mass is 10.1. The monoisotopic (exact) mass is 193 g/mol. The quantitative estimate of drug-likeness (QED) is 0.738. The van der Waals surface area contributed by atoms with E-state index >= 15 is 0 Å². The number of rotatable bonds is 3. The fourth-order valence-electron chi connectivity index (χ4n) is 0.996. The Bertz CT molecular complexity index is 356. The molecule has 0 aliphatic carbocycles. The molecular formula is C10H11NO3. The number of hydrogen-bond acceptors (Lipinski definition) is 3. The van der Waals surface area contributed by atoms with Crippen molar-refractivity contribution in [1.29, 1.82) is 0 Å². The number of Topliss-reactive ketones (excluding diaryl/α,β-unsaturated/α-hetero) is 1. The first-order valence-electron chi connectivity index (χ1n) is 4.22. The Kier molecular flexibility index (Phi) is 2.96. The van der Waals surface area contributed by atoms with Gasteiger partial charge in [0.1, 0.15) is 0 Å². The van der Waals surface area contributed by atoms with Crippen molar-refractivity contribution in [2.24, 2.45) is 0 Å². The van der Waals surface area contributed by atoms with Crippen molar-refractivity contribution in [3.63, 3.8) is 0 Å². The molecule has 1 N–H and O–H groups in total. The third-order valence-electron chi connectivity index (χ3n) is 2.01. The third kappa shape index (κ3) is 2.16. The summed E-state index contributed by atoms with van der Waals surface area (Å²) in [5.74, 6) is -1.64. The van der Waals surface area contributed by atoms with Gasteiger partial charge in [-0.15, -0.1) is 0 Å². The maximum Gasteiger partial charge on any atom is 0.312 e. The first-order valence-corrected chi connectivity index (χ1v) is 4.22.